The minimum Gasteiger partial charge on any atom is -0.463 e. The fraction of sp³-hybridized carbons (Fsp3) is 0.606. The average molecular weight is 632 g/mol. The van der Waals surface area contributed by atoms with Gasteiger partial charge < -0.3 is 34.9 Å². The average Bonchev–Trinajstić information content (AvgIpc) is 3.36. The first-order valence-electron chi connectivity index (χ1n) is 15.5. The second-order valence-electron chi connectivity index (χ2n) is 12.4. The van der Waals surface area contributed by atoms with Gasteiger partial charge in [-0.15, -0.1) is 0 Å². The number of amides is 3. The molecule has 1 heterocycles. The standard InChI is InChI=1S/C33H49N3O9/c1-8-42-27(37)15-14-25(19-24-16-17-34-29(24)38)35-30(39)26(18-21(2)3)44-31(40)28(22(4)45-33(5,6)7)36-32(41)43-20-23-12-10-9-11-13-23/h9-15,21-22,24-26,28H,8,16-20H2,1-7H3,(H,34,38)(H,35,39)(H,36,41)/b15-14+/t22?,24-,25+,26-,28-/m0/s1. The third kappa shape index (κ3) is 14.1. The number of hydrogen-bond acceptors (Lipinski definition) is 9. The van der Waals surface area contributed by atoms with Crippen LogP contribution in [0.5, 0.6) is 0 Å². The molecule has 1 aliphatic rings. The van der Waals surface area contributed by atoms with Gasteiger partial charge in [-0.05, 0) is 65.4 Å². The van der Waals surface area contributed by atoms with Crippen molar-refractivity contribution < 1.29 is 42.9 Å². The van der Waals surface area contributed by atoms with Crippen molar-refractivity contribution in [2.24, 2.45) is 11.8 Å². The van der Waals surface area contributed by atoms with Gasteiger partial charge in [0.2, 0.25) is 5.91 Å². The molecule has 0 saturated carbocycles. The Labute approximate surface area is 266 Å². The van der Waals surface area contributed by atoms with Gasteiger partial charge in [-0.25, -0.2) is 14.4 Å². The number of ether oxygens (including phenoxy) is 4. The van der Waals surface area contributed by atoms with E-state index in [4.69, 9.17) is 18.9 Å². The van der Waals surface area contributed by atoms with Crippen molar-refractivity contribution in [3.63, 3.8) is 0 Å². The Bertz CT molecular complexity index is 1160. The van der Waals surface area contributed by atoms with Gasteiger partial charge in [0.05, 0.1) is 18.3 Å². The summed E-state index contributed by atoms with van der Waals surface area (Å²) in [5.41, 5.74) is 0.105. The maximum absolute atomic E-state index is 13.6. The minimum absolute atomic E-state index is 0.0128. The van der Waals surface area contributed by atoms with E-state index in [1.807, 2.05) is 52.8 Å². The molecule has 3 N–H and O–H groups in total. The molecule has 3 amide bonds. The molecule has 2 rings (SSSR count). The predicted molar refractivity (Wildman–Crippen MR) is 167 cm³/mol. The van der Waals surface area contributed by atoms with E-state index < -0.39 is 53.8 Å². The molecule has 45 heavy (non-hydrogen) atoms. The molecular formula is C33H49N3O9. The number of esters is 2. The number of benzene rings is 1. The van der Waals surface area contributed by atoms with E-state index in [1.54, 1.807) is 26.0 Å². The Morgan fingerprint density at radius 1 is 1.04 bits per heavy atom. The predicted octanol–water partition coefficient (Wildman–Crippen LogP) is 3.57. The van der Waals surface area contributed by atoms with E-state index in [9.17, 15) is 24.0 Å². The molecule has 0 radical (unpaired) electrons. The summed E-state index contributed by atoms with van der Waals surface area (Å²) in [5, 5.41) is 8.14. The van der Waals surface area contributed by atoms with Crippen LogP contribution in [0.4, 0.5) is 4.79 Å². The van der Waals surface area contributed by atoms with Crippen molar-refractivity contribution in [2.45, 2.75) is 104 Å². The molecule has 1 saturated heterocycles. The minimum atomic E-state index is -1.29. The van der Waals surface area contributed by atoms with Crippen LogP contribution in [0.3, 0.4) is 0 Å². The molecule has 5 atom stereocenters. The Balaban J connectivity index is 2.22. The molecule has 1 aromatic rings. The SMILES string of the molecule is CCOC(=O)/C=C/[C@H](C[C@@H]1CCNC1=O)NC(=O)[C@H](CC(C)C)OC(=O)[C@@H](NC(=O)OCc1ccccc1)C(C)OC(C)(C)C. The van der Waals surface area contributed by atoms with Gasteiger partial charge in [0.15, 0.2) is 12.1 Å². The van der Waals surface area contributed by atoms with E-state index >= 15 is 0 Å². The number of hydrogen-bond donors (Lipinski definition) is 3. The fourth-order valence-corrected chi connectivity index (χ4v) is 4.76. The highest BCUT2D eigenvalue weighted by Crippen LogP contribution is 2.19. The smallest absolute Gasteiger partial charge is 0.408 e. The number of carbonyl (C=O) groups excluding carboxylic acids is 5. The van der Waals surface area contributed by atoms with Crippen molar-refractivity contribution in [3.05, 3.63) is 48.0 Å². The molecule has 12 nitrogen and oxygen atoms in total. The van der Waals surface area contributed by atoms with Crippen molar-refractivity contribution in [1.82, 2.24) is 16.0 Å². The zero-order chi connectivity index (χ0) is 33.6. The van der Waals surface area contributed by atoms with E-state index in [2.05, 4.69) is 16.0 Å². The third-order valence-corrected chi connectivity index (χ3v) is 6.77. The Morgan fingerprint density at radius 3 is 2.31 bits per heavy atom. The second kappa shape index (κ2) is 18.1. The Morgan fingerprint density at radius 2 is 1.73 bits per heavy atom. The van der Waals surface area contributed by atoms with Gasteiger partial charge in [-0.1, -0.05) is 50.3 Å². The maximum Gasteiger partial charge on any atom is 0.408 e. The van der Waals surface area contributed by atoms with Crippen LogP contribution in [0.25, 0.3) is 0 Å². The van der Waals surface area contributed by atoms with Crippen LogP contribution >= 0.6 is 0 Å². The topological polar surface area (TPSA) is 158 Å². The lowest BCUT2D eigenvalue weighted by Gasteiger charge is -2.31. The summed E-state index contributed by atoms with van der Waals surface area (Å²) < 4.78 is 22.0. The first kappa shape index (κ1) is 37.3. The van der Waals surface area contributed by atoms with Gasteiger partial charge in [0, 0.05) is 24.6 Å². The van der Waals surface area contributed by atoms with Crippen LogP contribution in [0, 0.1) is 11.8 Å². The van der Waals surface area contributed by atoms with Crippen molar-refractivity contribution in [1.29, 1.82) is 0 Å². The Kier molecular flexibility index (Phi) is 15.0. The molecular weight excluding hydrogens is 582 g/mol. The van der Waals surface area contributed by atoms with E-state index in [0.717, 1.165) is 5.56 Å². The normalized spacial score (nSPS) is 17.6. The first-order chi connectivity index (χ1) is 21.2. The monoisotopic (exact) mass is 631 g/mol. The van der Waals surface area contributed by atoms with Gasteiger partial charge in [0.1, 0.15) is 6.61 Å². The second-order valence-corrected chi connectivity index (χ2v) is 12.4. The summed E-state index contributed by atoms with van der Waals surface area (Å²) in [4.78, 5) is 64.2. The summed E-state index contributed by atoms with van der Waals surface area (Å²) in [6.07, 6.45) is 0.750. The molecule has 1 unspecified atom stereocenters. The van der Waals surface area contributed by atoms with Crippen molar-refractivity contribution >= 4 is 29.8 Å². The quantitative estimate of drug-likeness (QED) is 0.141. The van der Waals surface area contributed by atoms with Gasteiger partial charge in [-0.2, -0.15) is 0 Å². The molecule has 1 fully saturated rings. The van der Waals surface area contributed by atoms with E-state index in [1.165, 1.54) is 12.2 Å². The van der Waals surface area contributed by atoms with Crippen LogP contribution in [0.1, 0.15) is 73.3 Å². The largest absolute Gasteiger partial charge is 0.463 e. The van der Waals surface area contributed by atoms with Gasteiger partial charge >= 0.3 is 18.0 Å². The summed E-state index contributed by atoms with van der Waals surface area (Å²) in [5.74, 6) is -2.61. The van der Waals surface area contributed by atoms with Crippen molar-refractivity contribution in [3.8, 4) is 0 Å². The van der Waals surface area contributed by atoms with E-state index in [0.29, 0.717) is 13.0 Å². The maximum atomic E-state index is 13.6. The van der Waals surface area contributed by atoms with Crippen LogP contribution in [0.15, 0.2) is 42.5 Å². The van der Waals surface area contributed by atoms with Gasteiger partial charge in [0.25, 0.3) is 5.91 Å². The number of nitrogens with one attached hydrogen (secondary N) is 3. The zero-order valence-electron chi connectivity index (χ0n) is 27.4. The molecule has 0 aromatic heterocycles. The molecule has 0 aliphatic carbocycles. The lowest BCUT2D eigenvalue weighted by Crippen LogP contribution is -2.53. The number of alkyl carbamates (subject to hydrolysis) is 1. The molecule has 12 heteroatoms. The van der Waals surface area contributed by atoms with Crippen LogP contribution in [0.2, 0.25) is 0 Å². The molecule has 1 aromatic carbocycles. The van der Waals surface area contributed by atoms with Gasteiger partial charge in [-0.3, -0.25) is 9.59 Å². The Hall–Kier alpha value is -3.93. The zero-order valence-corrected chi connectivity index (χ0v) is 27.4. The molecule has 0 bridgehead atoms. The third-order valence-electron chi connectivity index (χ3n) is 6.77. The lowest BCUT2D eigenvalue weighted by molar-refractivity contribution is -0.164. The van der Waals surface area contributed by atoms with E-state index in [-0.39, 0.29) is 43.8 Å². The summed E-state index contributed by atoms with van der Waals surface area (Å²) in [6, 6.07) is 7.06. The van der Waals surface area contributed by atoms with Crippen molar-refractivity contribution in [2.75, 3.05) is 13.2 Å². The molecule has 0 spiro atoms. The summed E-state index contributed by atoms with van der Waals surface area (Å²) >= 11 is 0. The highest BCUT2D eigenvalue weighted by molar-refractivity contribution is 5.88. The fourth-order valence-electron chi connectivity index (χ4n) is 4.76. The molecule has 1 aliphatic heterocycles. The van der Waals surface area contributed by atoms with Crippen LogP contribution in [-0.2, 0) is 44.7 Å². The highest BCUT2D eigenvalue weighted by atomic mass is 16.6. The number of rotatable bonds is 16. The number of carbonyl (C=O) groups is 5. The lowest BCUT2D eigenvalue weighted by atomic mass is 9.97. The highest BCUT2D eigenvalue weighted by Gasteiger charge is 2.36. The molecule has 250 valence electrons. The first-order valence-corrected chi connectivity index (χ1v) is 15.5. The van der Waals surface area contributed by atoms with Crippen LogP contribution in [-0.4, -0.2) is 72.9 Å². The summed E-state index contributed by atoms with van der Waals surface area (Å²) in [7, 11) is 0. The van der Waals surface area contributed by atoms with Crippen LogP contribution < -0.4 is 16.0 Å². The summed E-state index contributed by atoms with van der Waals surface area (Å²) in [6.45, 7) is 13.2.